The summed E-state index contributed by atoms with van der Waals surface area (Å²) in [6.45, 7) is 1.74. The zero-order valence-corrected chi connectivity index (χ0v) is 17.9. The number of benzene rings is 2. The van der Waals surface area contributed by atoms with Crippen molar-refractivity contribution in [3.63, 3.8) is 0 Å². The Kier molecular flexibility index (Phi) is 5.49. The van der Waals surface area contributed by atoms with Crippen LogP contribution >= 0.6 is 0 Å². The van der Waals surface area contributed by atoms with Gasteiger partial charge in [-0.2, -0.15) is 0 Å². The Labute approximate surface area is 182 Å². The first-order valence-corrected chi connectivity index (χ1v) is 11.0. The molecule has 0 bridgehead atoms. The van der Waals surface area contributed by atoms with E-state index < -0.39 is 21.7 Å². The standard InChI is InChI=1S/C21H19N3O7S/c1-3-30-21(26)31-17-11-22-19-18(17)15-10-14(8-9-16(15)23-20(19)25)32(27,28)24-12-4-6-13(29-2)7-5-12/h4-11,22,24H,3H2,1-2H3,(H,23,25). The van der Waals surface area contributed by atoms with Crippen molar-refractivity contribution in [2.24, 2.45) is 0 Å². The molecule has 0 unspecified atom stereocenters. The third-order valence-corrected chi connectivity index (χ3v) is 6.07. The van der Waals surface area contributed by atoms with E-state index in [0.717, 1.165) is 0 Å². The summed E-state index contributed by atoms with van der Waals surface area (Å²) in [5.41, 5.74) is 0.414. The number of methoxy groups -OCH3 is 1. The van der Waals surface area contributed by atoms with Gasteiger partial charge in [0.2, 0.25) is 0 Å². The van der Waals surface area contributed by atoms with Crippen LogP contribution in [-0.4, -0.2) is 38.3 Å². The van der Waals surface area contributed by atoms with Gasteiger partial charge in [0.15, 0.2) is 5.75 Å². The summed E-state index contributed by atoms with van der Waals surface area (Å²) >= 11 is 0. The minimum Gasteiger partial charge on any atom is -0.497 e. The van der Waals surface area contributed by atoms with Crippen molar-refractivity contribution in [1.29, 1.82) is 0 Å². The number of sulfonamides is 1. The highest BCUT2D eigenvalue weighted by Crippen LogP contribution is 2.32. The number of aromatic nitrogens is 2. The fourth-order valence-corrected chi connectivity index (χ4v) is 4.32. The van der Waals surface area contributed by atoms with Gasteiger partial charge < -0.3 is 24.2 Å². The highest BCUT2D eigenvalue weighted by atomic mass is 32.2. The topological polar surface area (TPSA) is 140 Å². The van der Waals surface area contributed by atoms with Crippen LogP contribution in [0.4, 0.5) is 10.5 Å². The lowest BCUT2D eigenvalue weighted by atomic mass is 10.1. The number of pyridine rings is 1. The highest BCUT2D eigenvalue weighted by Gasteiger charge is 2.20. The quantitative estimate of drug-likeness (QED) is 0.377. The molecule has 4 rings (SSSR count). The maximum atomic E-state index is 13.0. The normalized spacial score (nSPS) is 11.4. The lowest BCUT2D eigenvalue weighted by Crippen LogP contribution is -2.13. The lowest BCUT2D eigenvalue weighted by molar-refractivity contribution is 0.105. The summed E-state index contributed by atoms with van der Waals surface area (Å²) < 4.78 is 43.5. The summed E-state index contributed by atoms with van der Waals surface area (Å²) in [4.78, 5) is 29.6. The van der Waals surface area contributed by atoms with Gasteiger partial charge in [-0.15, -0.1) is 0 Å². The molecule has 0 atom stereocenters. The van der Waals surface area contributed by atoms with Gasteiger partial charge in [-0.05, 0) is 49.4 Å². The van der Waals surface area contributed by atoms with E-state index in [1.54, 1.807) is 31.2 Å². The molecule has 2 aromatic carbocycles. The molecule has 4 aromatic rings. The van der Waals surface area contributed by atoms with Crippen molar-refractivity contribution in [2.45, 2.75) is 11.8 Å². The monoisotopic (exact) mass is 457 g/mol. The molecule has 0 aliphatic rings. The van der Waals surface area contributed by atoms with E-state index >= 15 is 0 Å². The maximum absolute atomic E-state index is 13.0. The van der Waals surface area contributed by atoms with Crippen LogP contribution in [0.15, 0.2) is 58.4 Å². The highest BCUT2D eigenvalue weighted by molar-refractivity contribution is 7.92. The molecule has 0 aliphatic carbocycles. The first-order chi connectivity index (χ1) is 15.3. The summed E-state index contributed by atoms with van der Waals surface area (Å²) in [5.74, 6) is 0.638. The van der Waals surface area contributed by atoms with Crippen LogP contribution in [0.3, 0.4) is 0 Å². The number of rotatable bonds is 6. The summed E-state index contributed by atoms with van der Waals surface area (Å²) in [5, 5.41) is 0.635. The third-order valence-electron chi connectivity index (χ3n) is 4.69. The number of anilines is 1. The van der Waals surface area contributed by atoms with E-state index in [2.05, 4.69) is 14.7 Å². The van der Waals surface area contributed by atoms with Crippen LogP contribution < -0.4 is 19.8 Å². The van der Waals surface area contributed by atoms with Crippen LogP contribution in [0.5, 0.6) is 11.5 Å². The molecule has 2 heterocycles. The lowest BCUT2D eigenvalue weighted by Gasteiger charge is -2.10. The number of hydrogen-bond acceptors (Lipinski definition) is 7. The van der Waals surface area contributed by atoms with Crippen LogP contribution in [0.1, 0.15) is 6.92 Å². The second-order valence-corrected chi connectivity index (χ2v) is 8.37. The number of carbonyl (C=O) groups is 1. The molecule has 0 saturated heterocycles. The van der Waals surface area contributed by atoms with Crippen molar-refractivity contribution in [3.8, 4) is 11.5 Å². The van der Waals surface area contributed by atoms with E-state index in [1.165, 1.54) is 31.5 Å². The zero-order chi connectivity index (χ0) is 22.9. The van der Waals surface area contributed by atoms with Gasteiger partial charge in [-0.3, -0.25) is 9.52 Å². The van der Waals surface area contributed by atoms with Gasteiger partial charge in [-0.1, -0.05) is 0 Å². The number of carbonyl (C=O) groups excluding carboxylic acids is 1. The first kappa shape index (κ1) is 21.2. The average Bonchev–Trinajstić information content (AvgIpc) is 3.18. The molecular weight excluding hydrogens is 438 g/mol. The Bertz CT molecular complexity index is 1470. The van der Waals surface area contributed by atoms with Gasteiger partial charge in [0.05, 0.1) is 24.0 Å². The minimum atomic E-state index is -3.96. The van der Waals surface area contributed by atoms with Gasteiger partial charge in [0.1, 0.15) is 11.3 Å². The molecule has 0 aliphatic heterocycles. The van der Waals surface area contributed by atoms with Gasteiger partial charge in [0.25, 0.3) is 15.6 Å². The average molecular weight is 457 g/mol. The summed E-state index contributed by atoms with van der Waals surface area (Å²) in [6.07, 6.45) is 0.402. The SMILES string of the molecule is CCOC(=O)Oc1c[nH]c2c(=O)[nH]c3ccc(S(=O)(=O)Nc4ccc(OC)cc4)cc3c12. The van der Waals surface area contributed by atoms with E-state index in [9.17, 15) is 18.0 Å². The fourth-order valence-electron chi connectivity index (χ4n) is 3.23. The molecule has 2 aromatic heterocycles. The van der Waals surface area contributed by atoms with Crippen molar-refractivity contribution < 1.29 is 27.4 Å². The molecule has 0 radical (unpaired) electrons. The second-order valence-electron chi connectivity index (χ2n) is 6.68. The van der Waals surface area contributed by atoms with E-state index in [0.29, 0.717) is 22.3 Å². The van der Waals surface area contributed by atoms with Crippen molar-refractivity contribution in [3.05, 3.63) is 59.0 Å². The first-order valence-electron chi connectivity index (χ1n) is 9.51. The molecular formula is C21H19N3O7S. The Morgan fingerprint density at radius 3 is 2.56 bits per heavy atom. The largest absolute Gasteiger partial charge is 0.513 e. The number of aromatic amines is 2. The Morgan fingerprint density at radius 2 is 1.88 bits per heavy atom. The molecule has 0 saturated carbocycles. The maximum Gasteiger partial charge on any atom is 0.513 e. The molecule has 0 amide bonds. The van der Waals surface area contributed by atoms with Gasteiger partial charge in [0, 0.05) is 22.8 Å². The zero-order valence-electron chi connectivity index (χ0n) is 17.1. The van der Waals surface area contributed by atoms with Crippen LogP contribution in [-0.2, 0) is 14.8 Å². The van der Waals surface area contributed by atoms with Gasteiger partial charge >= 0.3 is 6.16 Å². The van der Waals surface area contributed by atoms with Crippen molar-refractivity contribution >= 4 is 43.7 Å². The molecule has 3 N–H and O–H groups in total. The summed E-state index contributed by atoms with van der Waals surface area (Å²) in [7, 11) is -2.44. The molecule has 0 spiro atoms. The minimum absolute atomic E-state index is 0.0440. The summed E-state index contributed by atoms with van der Waals surface area (Å²) in [6, 6.07) is 10.6. The van der Waals surface area contributed by atoms with Crippen LogP contribution in [0.2, 0.25) is 0 Å². The van der Waals surface area contributed by atoms with Gasteiger partial charge in [-0.25, -0.2) is 13.2 Å². The number of fused-ring (bicyclic) bond motifs is 3. The van der Waals surface area contributed by atoms with E-state index in [4.69, 9.17) is 14.2 Å². The molecule has 10 nitrogen and oxygen atoms in total. The van der Waals surface area contributed by atoms with E-state index in [1.807, 2.05) is 0 Å². The van der Waals surface area contributed by atoms with E-state index in [-0.39, 0.29) is 28.2 Å². The molecule has 32 heavy (non-hydrogen) atoms. The predicted molar refractivity (Wildman–Crippen MR) is 118 cm³/mol. The molecule has 0 fully saturated rings. The molecule has 11 heteroatoms. The fraction of sp³-hybridized carbons (Fsp3) is 0.143. The van der Waals surface area contributed by atoms with Crippen molar-refractivity contribution in [2.75, 3.05) is 18.4 Å². The van der Waals surface area contributed by atoms with Crippen LogP contribution in [0, 0.1) is 0 Å². The number of nitrogens with one attached hydrogen (secondary N) is 3. The van der Waals surface area contributed by atoms with Crippen LogP contribution in [0.25, 0.3) is 21.8 Å². The number of ether oxygens (including phenoxy) is 3. The number of hydrogen-bond donors (Lipinski definition) is 3. The Morgan fingerprint density at radius 1 is 1.12 bits per heavy atom. The molecule has 166 valence electrons. The Balaban J connectivity index is 1.80. The third kappa shape index (κ3) is 3.97. The predicted octanol–water partition coefficient (Wildman–Crippen LogP) is 3.35. The Hall–Kier alpha value is -3.99. The number of H-pyrrole nitrogens is 2. The second kappa shape index (κ2) is 8.27. The smallest absolute Gasteiger partial charge is 0.497 e. The van der Waals surface area contributed by atoms with Crippen molar-refractivity contribution in [1.82, 2.24) is 9.97 Å².